The maximum Gasteiger partial charge on any atom is 0.416 e. The minimum Gasteiger partial charge on any atom is -0.392 e. The molecule has 94 valence electrons. The van der Waals surface area contributed by atoms with Crippen LogP contribution in [0.4, 0.5) is 13.2 Å². The van der Waals surface area contributed by atoms with Gasteiger partial charge in [-0.05, 0) is 29.3 Å². The van der Waals surface area contributed by atoms with Crippen molar-refractivity contribution in [2.24, 2.45) is 0 Å². The molecular formula is C13H10F3NO. The Hall–Kier alpha value is -1.88. The molecule has 0 saturated heterocycles. The fraction of sp³-hybridized carbons (Fsp3) is 0.154. The molecule has 0 saturated carbocycles. The quantitative estimate of drug-likeness (QED) is 0.891. The van der Waals surface area contributed by atoms with Crippen molar-refractivity contribution in [3.63, 3.8) is 0 Å². The first-order chi connectivity index (χ1) is 8.52. The molecule has 0 unspecified atom stereocenters. The second-order valence-electron chi connectivity index (χ2n) is 3.77. The lowest BCUT2D eigenvalue weighted by molar-refractivity contribution is -0.137. The van der Waals surface area contributed by atoms with Crippen molar-refractivity contribution in [2.75, 3.05) is 0 Å². The minimum atomic E-state index is -4.37. The number of aromatic nitrogens is 1. The zero-order chi connectivity index (χ0) is 13.2. The molecule has 1 aromatic heterocycles. The van der Waals surface area contributed by atoms with Crippen LogP contribution in [0.1, 0.15) is 11.1 Å². The first-order valence-corrected chi connectivity index (χ1v) is 5.24. The molecule has 5 heteroatoms. The van der Waals surface area contributed by atoms with E-state index in [4.69, 9.17) is 5.11 Å². The first-order valence-electron chi connectivity index (χ1n) is 5.24. The summed E-state index contributed by atoms with van der Waals surface area (Å²) in [5.41, 5.74) is 0.757. The number of hydrogen-bond donors (Lipinski definition) is 1. The van der Waals surface area contributed by atoms with Crippen molar-refractivity contribution in [3.05, 3.63) is 53.9 Å². The molecule has 0 aliphatic rings. The fourth-order valence-corrected chi connectivity index (χ4v) is 1.70. The Morgan fingerprint density at radius 3 is 2.61 bits per heavy atom. The lowest BCUT2D eigenvalue weighted by Gasteiger charge is -2.10. The predicted octanol–water partition coefficient (Wildman–Crippen LogP) is 3.26. The summed E-state index contributed by atoms with van der Waals surface area (Å²) in [5, 5.41) is 9.15. The number of alkyl halides is 3. The third-order valence-electron chi connectivity index (χ3n) is 2.57. The van der Waals surface area contributed by atoms with Crippen LogP contribution in [0.25, 0.3) is 11.1 Å². The van der Waals surface area contributed by atoms with Crippen LogP contribution in [0.3, 0.4) is 0 Å². The van der Waals surface area contributed by atoms with E-state index >= 15 is 0 Å². The predicted molar refractivity (Wildman–Crippen MR) is 60.6 cm³/mol. The molecule has 0 bridgehead atoms. The van der Waals surface area contributed by atoms with Crippen LogP contribution in [0.15, 0.2) is 42.7 Å². The van der Waals surface area contributed by atoms with Crippen LogP contribution < -0.4 is 0 Å². The van der Waals surface area contributed by atoms with Crippen LogP contribution in [-0.2, 0) is 12.8 Å². The van der Waals surface area contributed by atoms with Gasteiger partial charge >= 0.3 is 6.18 Å². The van der Waals surface area contributed by atoms with E-state index in [2.05, 4.69) is 4.98 Å². The van der Waals surface area contributed by atoms with E-state index in [0.717, 1.165) is 12.1 Å². The van der Waals surface area contributed by atoms with Crippen molar-refractivity contribution in [2.45, 2.75) is 12.8 Å². The number of rotatable bonds is 2. The summed E-state index contributed by atoms with van der Waals surface area (Å²) < 4.78 is 37.8. The number of nitrogens with zero attached hydrogens (tertiary/aromatic N) is 1. The Labute approximate surface area is 102 Å². The van der Waals surface area contributed by atoms with Crippen LogP contribution in [0, 0.1) is 0 Å². The number of aliphatic hydroxyl groups is 1. The Bertz CT molecular complexity index is 552. The number of hydrogen-bond acceptors (Lipinski definition) is 2. The van der Waals surface area contributed by atoms with Crippen molar-refractivity contribution in [1.82, 2.24) is 4.98 Å². The van der Waals surface area contributed by atoms with E-state index in [1.54, 1.807) is 12.1 Å². The lowest BCUT2D eigenvalue weighted by atomic mass is 10.00. The zero-order valence-corrected chi connectivity index (χ0v) is 9.28. The van der Waals surface area contributed by atoms with E-state index in [1.807, 2.05) is 0 Å². The van der Waals surface area contributed by atoms with Gasteiger partial charge in [0.1, 0.15) is 0 Å². The Morgan fingerprint density at radius 1 is 1.17 bits per heavy atom. The van der Waals surface area contributed by atoms with Gasteiger partial charge in [-0.3, -0.25) is 4.98 Å². The summed E-state index contributed by atoms with van der Waals surface area (Å²) in [4.78, 5) is 3.83. The number of aliphatic hydroxyl groups excluding tert-OH is 1. The molecule has 1 aromatic carbocycles. The number of benzene rings is 1. The molecular weight excluding hydrogens is 243 g/mol. The van der Waals surface area contributed by atoms with Gasteiger partial charge in [0.05, 0.1) is 12.2 Å². The smallest absolute Gasteiger partial charge is 0.392 e. The van der Waals surface area contributed by atoms with Crippen LogP contribution in [0.5, 0.6) is 0 Å². The van der Waals surface area contributed by atoms with Gasteiger partial charge in [0.15, 0.2) is 0 Å². The van der Waals surface area contributed by atoms with E-state index in [-0.39, 0.29) is 6.61 Å². The van der Waals surface area contributed by atoms with Crippen LogP contribution in [-0.4, -0.2) is 10.1 Å². The van der Waals surface area contributed by atoms with Gasteiger partial charge in [0.2, 0.25) is 0 Å². The van der Waals surface area contributed by atoms with Crippen molar-refractivity contribution >= 4 is 0 Å². The minimum absolute atomic E-state index is 0.264. The van der Waals surface area contributed by atoms with Gasteiger partial charge in [-0.15, -0.1) is 0 Å². The summed E-state index contributed by atoms with van der Waals surface area (Å²) in [5.74, 6) is 0. The number of halogens is 3. The largest absolute Gasteiger partial charge is 0.416 e. The summed E-state index contributed by atoms with van der Waals surface area (Å²) in [7, 11) is 0. The van der Waals surface area contributed by atoms with Crippen LogP contribution >= 0.6 is 0 Å². The third kappa shape index (κ3) is 2.51. The van der Waals surface area contributed by atoms with Gasteiger partial charge < -0.3 is 5.11 Å². The van der Waals surface area contributed by atoms with Crippen molar-refractivity contribution < 1.29 is 18.3 Å². The third-order valence-corrected chi connectivity index (χ3v) is 2.57. The Morgan fingerprint density at radius 2 is 1.94 bits per heavy atom. The second-order valence-corrected chi connectivity index (χ2v) is 3.77. The standard InChI is InChI=1S/C13H10F3NO/c14-13(15,16)11-3-1-2-9(6-11)12-4-5-17-7-10(12)8-18/h1-7,18H,8H2. The molecule has 1 N–H and O–H groups in total. The van der Waals surface area contributed by atoms with E-state index < -0.39 is 11.7 Å². The van der Waals surface area contributed by atoms with Gasteiger partial charge in [0, 0.05) is 18.0 Å². The molecule has 2 aromatic rings. The summed E-state index contributed by atoms with van der Waals surface area (Å²) in [6, 6.07) is 6.59. The topological polar surface area (TPSA) is 33.1 Å². The molecule has 0 radical (unpaired) electrons. The molecule has 2 rings (SSSR count). The van der Waals surface area contributed by atoms with Gasteiger partial charge in [-0.1, -0.05) is 12.1 Å². The molecule has 2 nitrogen and oxygen atoms in total. The molecule has 0 spiro atoms. The van der Waals surface area contributed by atoms with Crippen LogP contribution in [0.2, 0.25) is 0 Å². The molecule has 0 fully saturated rings. The first kappa shape index (κ1) is 12.6. The highest BCUT2D eigenvalue weighted by molar-refractivity contribution is 5.67. The summed E-state index contributed by atoms with van der Waals surface area (Å²) in [6.07, 6.45) is -1.45. The maximum absolute atomic E-state index is 12.6. The summed E-state index contributed by atoms with van der Waals surface area (Å²) in [6.45, 7) is -0.264. The molecule has 0 aliphatic carbocycles. The van der Waals surface area contributed by atoms with Crippen molar-refractivity contribution in [1.29, 1.82) is 0 Å². The van der Waals surface area contributed by atoms with E-state index in [0.29, 0.717) is 16.7 Å². The molecule has 0 aliphatic heterocycles. The zero-order valence-electron chi connectivity index (χ0n) is 9.28. The van der Waals surface area contributed by atoms with Gasteiger partial charge in [0.25, 0.3) is 0 Å². The highest BCUT2D eigenvalue weighted by atomic mass is 19.4. The maximum atomic E-state index is 12.6. The van der Waals surface area contributed by atoms with Gasteiger partial charge in [-0.25, -0.2) is 0 Å². The molecule has 1 heterocycles. The second kappa shape index (κ2) is 4.78. The van der Waals surface area contributed by atoms with E-state index in [9.17, 15) is 13.2 Å². The molecule has 0 atom stereocenters. The Balaban J connectivity index is 2.51. The van der Waals surface area contributed by atoms with E-state index in [1.165, 1.54) is 18.5 Å². The number of pyridine rings is 1. The normalized spacial score (nSPS) is 11.6. The van der Waals surface area contributed by atoms with Gasteiger partial charge in [-0.2, -0.15) is 13.2 Å². The average Bonchev–Trinajstić information content (AvgIpc) is 2.38. The SMILES string of the molecule is OCc1cnccc1-c1cccc(C(F)(F)F)c1. The fourth-order valence-electron chi connectivity index (χ4n) is 1.70. The highest BCUT2D eigenvalue weighted by Gasteiger charge is 2.30. The lowest BCUT2D eigenvalue weighted by Crippen LogP contribution is -2.04. The molecule has 0 amide bonds. The highest BCUT2D eigenvalue weighted by Crippen LogP contribution is 2.32. The average molecular weight is 253 g/mol. The Kier molecular flexibility index (Phi) is 3.34. The summed E-state index contributed by atoms with van der Waals surface area (Å²) >= 11 is 0. The monoisotopic (exact) mass is 253 g/mol. The van der Waals surface area contributed by atoms with Crippen molar-refractivity contribution in [3.8, 4) is 11.1 Å². The molecule has 18 heavy (non-hydrogen) atoms.